The fraction of sp³-hybridized carbons (Fsp3) is 0.462. The number of halogens is 2. The molecule has 1 unspecified atom stereocenters. The van der Waals surface area contributed by atoms with Crippen LogP contribution in [0.3, 0.4) is 0 Å². The van der Waals surface area contributed by atoms with E-state index in [1.807, 2.05) is 0 Å². The van der Waals surface area contributed by atoms with Gasteiger partial charge in [0.2, 0.25) is 0 Å². The van der Waals surface area contributed by atoms with Crippen LogP contribution in [0, 0.1) is 12.3 Å². The zero-order valence-corrected chi connectivity index (χ0v) is 23.1. The minimum absolute atomic E-state index is 0. The summed E-state index contributed by atoms with van der Waals surface area (Å²) in [5, 5.41) is 5.00. The summed E-state index contributed by atoms with van der Waals surface area (Å²) in [6, 6.07) is 13.5. The molecule has 162 valence electrons. The summed E-state index contributed by atoms with van der Waals surface area (Å²) in [6.45, 7) is 14.3. The second kappa shape index (κ2) is 12.2. The van der Waals surface area contributed by atoms with Crippen molar-refractivity contribution in [3.63, 3.8) is 0 Å². The van der Waals surface area contributed by atoms with Crippen LogP contribution in [-0.4, -0.2) is 10.3 Å². The smallest absolute Gasteiger partial charge is 1.00 e. The zero-order valence-electron chi connectivity index (χ0n) is 19.2. The van der Waals surface area contributed by atoms with E-state index in [1.54, 1.807) is 10.9 Å². The van der Waals surface area contributed by atoms with Crippen LogP contribution in [0.4, 0.5) is 0 Å². The minimum atomic E-state index is -0.185. The first-order valence-corrected chi connectivity index (χ1v) is 11.7. The molecule has 2 aliphatic rings. The number of allylic oxidation sites excluding steroid dienone is 4. The molecule has 0 amide bonds. The maximum absolute atomic E-state index is 2.40. The van der Waals surface area contributed by atoms with Gasteiger partial charge in [0, 0.05) is 0 Å². The molecule has 4 rings (SSSR count). The van der Waals surface area contributed by atoms with E-state index in [-0.39, 0.29) is 54.5 Å². The first-order chi connectivity index (χ1) is 12.7. The molecule has 0 N–H and O–H groups in total. The Kier molecular flexibility index (Phi) is 12.2. The maximum Gasteiger partial charge on any atom is 4.00 e. The summed E-state index contributed by atoms with van der Waals surface area (Å²) in [6.07, 6.45) is 13.0. The average molecular weight is 497 g/mol. The van der Waals surface area contributed by atoms with Gasteiger partial charge in [-0.3, -0.25) is 0 Å². The Morgan fingerprint density at radius 3 is 2.17 bits per heavy atom. The van der Waals surface area contributed by atoms with Crippen LogP contribution >= 0.6 is 7.92 Å². The van der Waals surface area contributed by atoms with Crippen LogP contribution < -0.4 is 30.1 Å². The summed E-state index contributed by atoms with van der Waals surface area (Å²) >= 11 is 0. The second-order valence-electron chi connectivity index (χ2n) is 9.83. The normalized spacial score (nSPS) is 17.4. The molecule has 0 heterocycles. The van der Waals surface area contributed by atoms with E-state index in [0.717, 1.165) is 5.92 Å². The van der Waals surface area contributed by atoms with Crippen molar-refractivity contribution in [1.82, 2.24) is 0 Å². The van der Waals surface area contributed by atoms with Crippen molar-refractivity contribution in [2.75, 3.05) is 0 Å². The molecule has 0 nitrogen and oxygen atoms in total. The molecule has 1 fully saturated rings. The van der Waals surface area contributed by atoms with Crippen molar-refractivity contribution in [3.05, 3.63) is 66.6 Å². The largest absolute Gasteiger partial charge is 4.00 e. The van der Waals surface area contributed by atoms with Gasteiger partial charge in [-0.25, -0.2) is 18.1 Å². The van der Waals surface area contributed by atoms with E-state index in [0.29, 0.717) is 10.3 Å². The van der Waals surface area contributed by atoms with E-state index in [9.17, 15) is 0 Å². The number of rotatable bonds is 1. The molecule has 30 heavy (non-hydrogen) atoms. The van der Waals surface area contributed by atoms with Crippen molar-refractivity contribution in [2.24, 2.45) is 5.92 Å². The topological polar surface area (TPSA) is 0 Å². The van der Waals surface area contributed by atoms with Crippen LogP contribution in [0.1, 0.15) is 60.8 Å². The fourth-order valence-electron chi connectivity index (χ4n) is 4.71. The molecule has 0 radical (unpaired) electrons. The van der Waals surface area contributed by atoms with Crippen molar-refractivity contribution >= 4 is 24.0 Å². The van der Waals surface area contributed by atoms with Gasteiger partial charge in [0.25, 0.3) is 0 Å². The van der Waals surface area contributed by atoms with Crippen LogP contribution in [0.5, 0.6) is 0 Å². The third-order valence-electron chi connectivity index (χ3n) is 5.41. The quantitative estimate of drug-likeness (QED) is 0.320. The van der Waals surface area contributed by atoms with Gasteiger partial charge >= 0.3 is 21.7 Å². The molecule has 0 bridgehead atoms. The third-order valence-corrected chi connectivity index (χ3v) is 8.87. The summed E-state index contributed by atoms with van der Waals surface area (Å²) in [4.78, 5) is 0. The molecule has 1 saturated carbocycles. The molecule has 2 aromatic rings. The van der Waals surface area contributed by atoms with Crippen LogP contribution in [0.15, 0.2) is 60.2 Å². The number of hydrogen-bond acceptors (Lipinski definition) is 0. The van der Waals surface area contributed by atoms with Crippen molar-refractivity contribution in [3.8, 4) is 0 Å². The van der Waals surface area contributed by atoms with Gasteiger partial charge < -0.3 is 24.8 Å². The molecule has 0 saturated heterocycles. The van der Waals surface area contributed by atoms with E-state index in [2.05, 4.69) is 103 Å². The standard InChI is InChI=1S/C17H24P.C9H11.2ClH.Ti/c1-16(2,3)18(17(4,5)6)15-11-13-9-7-8-10-14(13)12-15;1-2-5-9-7-3-6-8(9)4-1;;;/h7-12H,1-6H3;1-2,4,6,9H,3,5,7H2;2*1H;/q2*-1;;;+4/p-2. The summed E-state index contributed by atoms with van der Waals surface area (Å²) in [5.74, 6) is 0.884. The Labute approximate surface area is 213 Å². The van der Waals surface area contributed by atoms with Gasteiger partial charge in [0.15, 0.2) is 0 Å². The van der Waals surface area contributed by atoms with Crippen molar-refractivity contribution in [2.45, 2.75) is 71.1 Å². The van der Waals surface area contributed by atoms with Crippen LogP contribution in [0.25, 0.3) is 10.8 Å². The number of fused-ring (bicyclic) bond motifs is 2. The third kappa shape index (κ3) is 7.50. The molecule has 2 aromatic carbocycles. The molecule has 0 spiro atoms. The van der Waals surface area contributed by atoms with Gasteiger partial charge in [-0.15, -0.1) is 58.9 Å². The Balaban J connectivity index is 0.000000597. The molecule has 2 aliphatic carbocycles. The first-order valence-electron chi connectivity index (χ1n) is 10.3. The maximum atomic E-state index is 2.40. The Bertz CT molecular complexity index is 790. The van der Waals surface area contributed by atoms with Gasteiger partial charge in [0.1, 0.15) is 0 Å². The van der Waals surface area contributed by atoms with Crippen molar-refractivity contribution < 1.29 is 46.5 Å². The SMILES string of the molecule is C1=CCC2CC[CH-]C2=C1.CC(C)(C)P(c1cc2ccccc2[cH-]1)C(C)(C)C.[Cl-].[Cl-].[Ti+4]. The molecular weight excluding hydrogens is 462 g/mol. The molecule has 0 aromatic heterocycles. The Morgan fingerprint density at radius 1 is 0.967 bits per heavy atom. The van der Waals surface area contributed by atoms with E-state index in [1.165, 1.54) is 30.0 Å². The number of benzene rings is 1. The summed E-state index contributed by atoms with van der Waals surface area (Å²) in [5.41, 5.74) is 1.58. The predicted molar refractivity (Wildman–Crippen MR) is 124 cm³/mol. The van der Waals surface area contributed by atoms with Gasteiger partial charge in [-0.2, -0.15) is 6.07 Å². The molecule has 4 heteroatoms. The van der Waals surface area contributed by atoms with E-state index >= 15 is 0 Å². The molecule has 0 aliphatic heterocycles. The molecular formula is C26H35Cl2PTi. The van der Waals surface area contributed by atoms with Gasteiger partial charge in [-0.05, 0) is 22.7 Å². The van der Waals surface area contributed by atoms with E-state index < -0.39 is 0 Å². The van der Waals surface area contributed by atoms with Crippen molar-refractivity contribution in [1.29, 1.82) is 0 Å². The fourth-order valence-corrected chi connectivity index (χ4v) is 8.81. The zero-order chi connectivity index (χ0) is 19.7. The minimum Gasteiger partial charge on any atom is -1.00 e. The summed E-state index contributed by atoms with van der Waals surface area (Å²) in [7, 11) is -0.185. The Morgan fingerprint density at radius 2 is 1.60 bits per heavy atom. The monoisotopic (exact) mass is 496 g/mol. The van der Waals surface area contributed by atoms with Crippen LogP contribution in [0.2, 0.25) is 0 Å². The van der Waals surface area contributed by atoms with Gasteiger partial charge in [-0.1, -0.05) is 62.0 Å². The van der Waals surface area contributed by atoms with E-state index in [4.69, 9.17) is 0 Å². The number of hydrogen-bond donors (Lipinski definition) is 0. The second-order valence-corrected chi connectivity index (χ2v) is 13.7. The first kappa shape index (κ1) is 29.9. The predicted octanol–water partition coefficient (Wildman–Crippen LogP) is 1.76. The molecule has 1 atom stereocenters. The van der Waals surface area contributed by atoms with Gasteiger partial charge in [0.05, 0.1) is 0 Å². The van der Waals surface area contributed by atoms with Crippen LogP contribution in [-0.2, 0) is 21.7 Å². The summed E-state index contributed by atoms with van der Waals surface area (Å²) < 4.78 is 0. The average Bonchev–Trinajstić information content (AvgIpc) is 3.18. The Hall–Kier alpha value is -0.0957.